The van der Waals surface area contributed by atoms with Crippen LogP contribution in [0.25, 0.3) is 0 Å². The highest BCUT2D eigenvalue weighted by Crippen LogP contribution is 2.45. The van der Waals surface area contributed by atoms with Gasteiger partial charge in [0.2, 0.25) is 5.91 Å². The summed E-state index contributed by atoms with van der Waals surface area (Å²) in [6, 6.07) is 10.1. The number of hydrogen-bond donors (Lipinski definition) is 2. The minimum atomic E-state index is -0.110. The molecule has 1 aromatic carbocycles. The van der Waals surface area contributed by atoms with Crippen LogP contribution in [0, 0.1) is 5.92 Å². The van der Waals surface area contributed by atoms with Gasteiger partial charge in [-0.15, -0.1) is 12.4 Å². The molecule has 0 spiro atoms. The Bertz CT molecular complexity index is 376. The van der Waals surface area contributed by atoms with Gasteiger partial charge >= 0.3 is 0 Å². The zero-order valence-corrected chi connectivity index (χ0v) is 10.8. The third kappa shape index (κ3) is 2.99. The van der Waals surface area contributed by atoms with Crippen molar-refractivity contribution in [2.45, 2.75) is 25.3 Å². The Balaban J connectivity index is 0.00000144. The number of amides is 1. The van der Waals surface area contributed by atoms with E-state index in [-0.39, 0.29) is 29.8 Å². The quantitative estimate of drug-likeness (QED) is 0.861. The number of carbonyl (C=O) groups is 1. The van der Waals surface area contributed by atoms with E-state index in [1.807, 2.05) is 25.1 Å². The first-order valence-electron chi connectivity index (χ1n) is 5.75. The van der Waals surface area contributed by atoms with E-state index in [0.29, 0.717) is 6.54 Å². The molecule has 1 aromatic rings. The highest BCUT2D eigenvalue weighted by atomic mass is 35.5. The number of halogens is 1. The number of nitrogens with one attached hydrogen (secondary N) is 1. The van der Waals surface area contributed by atoms with Gasteiger partial charge in [-0.25, -0.2) is 0 Å². The lowest BCUT2D eigenvalue weighted by atomic mass is 10.0. The Hall–Kier alpha value is -1.06. The summed E-state index contributed by atoms with van der Waals surface area (Å²) in [7, 11) is 0. The third-order valence-electron chi connectivity index (χ3n) is 3.24. The van der Waals surface area contributed by atoms with E-state index in [4.69, 9.17) is 5.73 Å². The van der Waals surface area contributed by atoms with Crippen LogP contribution in [0.2, 0.25) is 0 Å². The van der Waals surface area contributed by atoms with Crippen LogP contribution in [0.15, 0.2) is 30.3 Å². The zero-order chi connectivity index (χ0) is 11.6. The topological polar surface area (TPSA) is 55.1 Å². The molecule has 0 heterocycles. The second-order valence-corrected chi connectivity index (χ2v) is 4.57. The monoisotopic (exact) mass is 254 g/mol. The lowest BCUT2D eigenvalue weighted by molar-refractivity contribution is -0.125. The molecule has 0 radical (unpaired) electrons. The van der Waals surface area contributed by atoms with Crippen molar-refractivity contribution in [3.63, 3.8) is 0 Å². The van der Waals surface area contributed by atoms with Crippen molar-refractivity contribution in [3.05, 3.63) is 35.9 Å². The fourth-order valence-electron chi connectivity index (χ4n) is 1.83. The van der Waals surface area contributed by atoms with E-state index in [1.54, 1.807) is 0 Å². The van der Waals surface area contributed by atoms with E-state index < -0.39 is 0 Å². The molecule has 17 heavy (non-hydrogen) atoms. The minimum absolute atomic E-state index is 0. The van der Waals surface area contributed by atoms with E-state index in [9.17, 15) is 4.79 Å². The van der Waals surface area contributed by atoms with E-state index in [0.717, 1.165) is 12.8 Å². The van der Waals surface area contributed by atoms with Crippen LogP contribution in [-0.4, -0.2) is 12.5 Å². The number of carbonyl (C=O) groups excluding carboxylic acids is 1. The smallest absolute Gasteiger partial charge is 0.224 e. The number of benzene rings is 1. The van der Waals surface area contributed by atoms with Crippen LogP contribution in [0.5, 0.6) is 0 Å². The molecule has 4 heteroatoms. The Morgan fingerprint density at radius 2 is 2.00 bits per heavy atom. The van der Waals surface area contributed by atoms with Gasteiger partial charge in [-0.3, -0.25) is 4.79 Å². The van der Waals surface area contributed by atoms with Crippen molar-refractivity contribution in [1.82, 2.24) is 5.32 Å². The van der Waals surface area contributed by atoms with Crippen LogP contribution < -0.4 is 11.1 Å². The maximum Gasteiger partial charge on any atom is 0.224 e. The standard InChI is InChI=1S/C13H18N2O.ClH/c1-10(9-14)12(16)15-13(7-8-13)11-5-3-2-4-6-11;/h2-6,10H,7-9,14H2,1H3,(H,15,16);1H. The first kappa shape index (κ1) is 14.0. The molecule has 3 N–H and O–H groups in total. The lowest BCUT2D eigenvalue weighted by Crippen LogP contribution is -2.40. The molecule has 1 atom stereocenters. The normalized spacial score (nSPS) is 17.8. The first-order valence-corrected chi connectivity index (χ1v) is 5.75. The summed E-state index contributed by atoms with van der Waals surface area (Å²) in [6.07, 6.45) is 2.06. The van der Waals surface area contributed by atoms with Crippen molar-refractivity contribution in [2.24, 2.45) is 11.7 Å². The molecule has 1 aliphatic carbocycles. The molecular weight excluding hydrogens is 236 g/mol. The summed E-state index contributed by atoms with van der Waals surface area (Å²) in [5, 5.41) is 3.12. The van der Waals surface area contributed by atoms with Gasteiger partial charge in [0.05, 0.1) is 5.54 Å². The third-order valence-corrected chi connectivity index (χ3v) is 3.24. The second-order valence-electron chi connectivity index (χ2n) is 4.57. The van der Waals surface area contributed by atoms with Gasteiger partial charge in [-0.2, -0.15) is 0 Å². The number of hydrogen-bond acceptors (Lipinski definition) is 2. The SMILES string of the molecule is CC(CN)C(=O)NC1(c2ccccc2)CC1.Cl. The highest BCUT2D eigenvalue weighted by Gasteiger charge is 2.45. The predicted octanol–water partition coefficient (Wildman–Crippen LogP) is 1.81. The van der Waals surface area contributed by atoms with E-state index >= 15 is 0 Å². The largest absolute Gasteiger partial charge is 0.346 e. The lowest BCUT2D eigenvalue weighted by Gasteiger charge is -2.20. The molecule has 2 rings (SSSR count). The molecule has 3 nitrogen and oxygen atoms in total. The Labute approximate surface area is 108 Å². The van der Waals surface area contributed by atoms with Gasteiger partial charge in [-0.05, 0) is 18.4 Å². The molecule has 0 aromatic heterocycles. The Morgan fingerprint density at radius 3 is 2.47 bits per heavy atom. The summed E-state index contributed by atoms with van der Waals surface area (Å²) in [4.78, 5) is 11.8. The molecule has 1 saturated carbocycles. The van der Waals surface area contributed by atoms with Crippen LogP contribution in [0.4, 0.5) is 0 Å². The second kappa shape index (κ2) is 5.52. The first-order chi connectivity index (χ1) is 7.68. The fraction of sp³-hybridized carbons (Fsp3) is 0.462. The van der Waals surface area contributed by atoms with E-state index in [2.05, 4.69) is 17.4 Å². The maximum atomic E-state index is 11.8. The van der Waals surface area contributed by atoms with Gasteiger partial charge in [0.15, 0.2) is 0 Å². The van der Waals surface area contributed by atoms with Crippen LogP contribution in [0.1, 0.15) is 25.3 Å². The van der Waals surface area contributed by atoms with Crippen LogP contribution in [0.3, 0.4) is 0 Å². The van der Waals surface area contributed by atoms with Crippen molar-refractivity contribution in [1.29, 1.82) is 0 Å². The van der Waals surface area contributed by atoms with Crippen molar-refractivity contribution < 1.29 is 4.79 Å². The van der Waals surface area contributed by atoms with Gasteiger partial charge in [0, 0.05) is 12.5 Å². The average molecular weight is 255 g/mol. The molecular formula is C13H19ClN2O. The molecule has 1 fully saturated rings. The van der Waals surface area contributed by atoms with Gasteiger partial charge < -0.3 is 11.1 Å². The summed E-state index contributed by atoms with van der Waals surface area (Å²) < 4.78 is 0. The van der Waals surface area contributed by atoms with E-state index in [1.165, 1.54) is 5.56 Å². The van der Waals surface area contributed by atoms with Gasteiger partial charge in [-0.1, -0.05) is 37.3 Å². The molecule has 1 aliphatic rings. The maximum absolute atomic E-state index is 11.8. The van der Waals surface area contributed by atoms with Crippen molar-refractivity contribution in [3.8, 4) is 0 Å². The van der Waals surface area contributed by atoms with Crippen molar-refractivity contribution in [2.75, 3.05) is 6.54 Å². The molecule has 0 bridgehead atoms. The van der Waals surface area contributed by atoms with Gasteiger partial charge in [0.1, 0.15) is 0 Å². The number of rotatable bonds is 4. The van der Waals surface area contributed by atoms with Crippen molar-refractivity contribution >= 4 is 18.3 Å². The Morgan fingerprint density at radius 1 is 1.41 bits per heavy atom. The Kier molecular flexibility index (Phi) is 4.54. The number of nitrogens with two attached hydrogens (primary N) is 1. The summed E-state index contributed by atoms with van der Waals surface area (Å²) in [5.74, 6) is -0.0509. The molecule has 0 aliphatic heterocycles. The molecule has 1 unspecified atom stereocenters. The fourth-order valence-corrected chi connectivity index (χ4v) is 1.83. The molecule has 0 saturated heterocycles. The minimum Gasteiger partial charge on any atom is -0.346 e. The summed E-state index contributed by atoms with van der Waals surface area (Å²) in [5.41, 5.74) is 6.58. The van der Waals surface area contributed by atoms with Gasteiger partial charge in [0.25, 0.3) is 0 Å². The predicted molar refractivity (Wildman–Crippen MR) is 71.0 cm³/mol. The zero-order valence-electron chi connectivity index (χ0n) is 9.98. The average Bonchev–Trinajstić information content (AvgIpc) is 3.10. The summed E-state index contributed by atoms with van der Waals surface area (Å²) >= 11 is 0. The summed E-state index contributed by atoms with van der Waals surface area (Å²) in [6.45, 7) is 2.26. The highest BCUT2D eigenvalue weighted by molar-refractivity contribution is 5.85. The van der Waals surface area contributed by atoms with Crippen LogP contribution in [-0.2, 0) is 10.3 Å². The van der Waals surface area contributed by atoms with Crippen LogP contribution >= 0.6 is 12.4 Å². The molecule has 94 valence electrons. The molecule has 1 amide bonds.